The van der Waals surface area contributed by atoms with Crippen molar-refractivity contribution in [3.63, 3.8) is 0 Å². The summed E-state index contributed by atoms with van der Waals surface area (Å²) in [4.78, 5) is 0. The zero-order chi connectivity index (χ0) is 14.7. The number of nitrogens with zero attached hydrogens (tertiary/aromatic N) is 2. The molecule has 5 nitrogen and oxygen atoms in total. The highest BCUT2D eigenvalue weighted by Crippen LogP contribution is 2.32. The van der Waals surface area contributed by atoms with Gasteiger partial charge in [-0.05, 0) is 31.9 Å². The first-order valence-corrected chi connectivity index (χ1v) is 7.59. The minimum absolute atomic E-state index is 0.143. The summed E-state index contributed by atoms with van der Waals surface area (Å²) in [5.74, 6) is 1.48. The van der Waals surface area contributed by atoms with Crippen LogP contribution in [0.5, 0.6) is 0 Å². The molecule has 1 fully saturated rings. The molecule has 2 aromatic rings. The van der Waals surface area contributed by atoms with Gasteiger partial charge in [0.05, 0.1) is 12.0 Å². The summed E-state index contributed by atoms with van der Waals surface area (Å²) < 4.78 is 13.3. The van der Waals surface area contributed by atoms with E-state index in [2.05, 4.69) is 16.5 Å². The Balaban J connectivity index is 1.60. The molecule has 0 saturated carbocycles. The molecule has 2 atom stereocenters. The maximum absolute atomic E-state index is 6.01. The van der Waals surface area contributed by atoms with Crippen molar-refractivity contribution in [1.29, 1.82) is 0 Å². The van der Waals surface area contributed by atoms with Crippen LogP contribution in [-0.2, 0) is 18.3 Å². The average molecular weight is 289 g/mol. The Morgan fingerprint density at radius 2 is 2.33 bits per heavy atom. The summed E-state index contributed by atoms with van der Waals surface area (Å²) in [7, 11) is 1.98. The number of hydrogen-bond donors (Lipinski definition) is 1. The van der Waals surface area contributed by atoms with E-state index in [0.29, 0.717) is 5.92 Å². The van der Waals surface area contributed by atoms with Gasteiger partial charge in [0, 0.05) is 44.4 Å². The third-order valence-electron chi connectivity index (χ3n) is 4.28. The van der Waals surface area contributed by atoms with E-state index in [-0.39, 0.29) is 6.10 Å². The van der Waals surface area contributed by atoms with Crippen LogP contribution in [-0.4, -0.2) is 22.9 Å². The monoisotopic (exact) mass is 289 g/mol. The van der Waals surface area contributed by atoms with E-state index in [1.165, 1.54) is 17.7 Å². The molecule has 2 aromatic heterocycles. The zero-order valence-corrected chi connectivity index (χ0v) is 12.7. The topological polar surface area (TPSA) is 52.2 Å². The molecule has 0 aromatic carbocycles. The lowest BCUT2D eigenvalue weighted by Crippen LogP contribution is -2.32. The van der Waals surface area contributed by atoms with Gasteiger partial charge in [-0.2, -0.15) is 5.10 Å². The van der Waals surface area contributed by atoms with Crippen LogP contribution in [0.3, 0.4) is 0 Å². The molecule has 1 aliphatic rings. The molecule has 114 valence electrons. The van der Waals surface area contributed by atoms with Crippen molar-refractivity contribution in [2.24, 2.45) is 13.0 Å². The molecule has 0 bridgehead atoms. The molecule has 0 aliphatic carbocycles. The second-order valence-corrected chi connectivity index (χ2v) is 5.71. The summed E-state index contributed by atoms with van der Waals surface area (Å²) in [5.41, 5.74) is 2.39. The molecule has 21 heavy (non-hydrogen) atoms. The maximum Gasteiger partial charge on any atom is 0.105 e. The molecule has 3 rings (SSSR count). The lowest BCUT2D eigenvalue weighted by Gasteiger charge is -2.32. The fraction of sp³-hybridized carbons (Fsp3) is 0.562. The van der Waals surface area contributed by atoms with Crippen molar-refractivity contribution in [3.05, 3.63) is 41.6 Å². The van der Waals surface area contributed by atoms with Crippen LogP contribution < -0.4 is 5.32 Å². The van der Waals surface area contributed by atoms with Crippen LogP contribution in [0.15, 0.2) is 29.0 Å². The van der Waals surface area contributed by atoms with E-state index >= 15 is 0 Å². The number of aromatic nitrogens is 2. The molecule has 5 heteroatoms. The molecule has 1 N–H and O–H groups in total. The van der Waals surface area contributed by atoms with Crippen molar-refractivity contribution >= 4 is 0 Å². The van der Waals surface area contributed by atoms with Crippen LogP contribution in [0.4, 0.5) is 0 Å². The van der Waals surface area contributed by atoms with Gasteiger partial charge in [-0.25, -0.2) is 0 Å². The molecule has 3 heterocycles. The molecule has 1 saturated heterocycles. The predicted molar refractivity (Wildman–Crippen MR) is 79.8 cm³/mol. The van der Waals surface area contributed by atoms with E-state index < -0.39 is 0 Å². The molecule has 0 spiro atoms. The summed E-state index contributed by atoms with van der Waals surface area (Å²) in [6.07, 6.45) is 6.05. The summed E-state index contributed by atoms with van der Waals surface area (Å²) >= 11 is 0. The van der Waals surface area contributed by atoms with Crippen LogP contribution in [0, 0.1) is 12.8 Å². The Hall–Kier alpha value is -1.59. The van der Waals surface area contributed by atoms with Crippen molar-refractivity contribution in [2.75, 3.05) is 13.2 Å². The molecule has 1 aliphatic heterocycles. The SMILES string of the molecule is Cc1occc1CNC[C@@H]1CCCO[C@H]1c1ccnn1C. The lowest BCUT2D eigenvalue weighted by atomic mass is 9.92. The highest BCUT2D eigenvalue weighted by molar-refractivity contribution is 5.15. The fourth-order valence-corrected chi connectivity index (χ4v) is 3.03. The van der Waals surface area contributed by atoms with E-state index in [0.717, 1.165) is 31.9 Å². The third kappa shape index (κ3) is 3.19. The fourth-order valence-electron chi connectivity index (χ4n) is 3.03. The van der Waals surface area contributed by atoms with E-state index in [1.807, 2.05) is 30.9 Å². The molecule has 0 amide bonds. The number of aryl methyl sites for hydroxylation is 2. The number of hydrogen-bond acceptors (Lipinski definition) is 4. The van der Waals surface area contributed by atoms with Gasteiger partial charge in [-0.15, -0.1) is 0 Å². The Morgan fingerprint density at radius 3 is 3.05 bits per heavy atom. The lowest BCUT2D eigenvalue weighted by molar-refractivity contribution is -0.0323. The van der Waals surface area contributed by atoms with Crippen LogP contribution in [0.1, 0.15) is 36.0 Å². The highest BCUT2D eigenvalue weighted by atomic mass is 16.5. The van der Waals surface area contributed by atoms with Crippen molar-refractivity contribution < 1.29 is 9.15 Å². The third-order valence-corrected chi connectivity index (χ3v) is 4.28. The first-order valence-electron chi connectivity index (χ1n) is 7.59. The highest BCUT2D eigenvalue weighted by Gasteiger charge is 2.29. The van der Waals surface area contributed by atoms with Gasteiger partial charge in [0.1, 0.15) is 11.9 Å². The van der Waals surface area contributed by atoms with Crippen LogP contribution >= 0.6 is 0 Å². The Labute approximate surface area is 125 Å². The number of rotatable bonds is 5. The maximum atomic E-state index is 6.01. The number of furan rings is 1. The van der Waals surface area contributed by atoms with E-state index in [9.17, 15) is 0 Å². The molecule has 0 radical (unpaired) electrons. The van der Waals surface area contributed by atoms with Crippen LogP contribution in [0.25, 0.3) is 0 Å². The van der Waals surface area contributed by atoms with Crippen molar-refractivity contribution in [3.8, 4) is 0 Å². The Morgan fingerprint density at radius 1 is 1.43 bits per heavy atom. The smallest absolute Gasteiger partial charge is 0.105 e. The summed E-state index contributed by atoms with van der Waals surface area (Å²) in [6, 6.07) is 4.08. The summed E-state index contributed by atoms with van der Waals surface area (Å²) in [5, 5.41) is 7.80. The normalized spacial score (nSPS) is 22.6. The number of nitrogens with one attached hydrogen (secondary N) is 1. The first kappa shape index (κ1) is 14.4. The van der Waals surface area contributed by atoms with Gasteiger partial charge in [0.2, 0.25) is 0 Å². The second kappa shape index (κ2) is 6.45. The van der Waals surface area contributed by atoms with Gasteiger partial charge >= 0.3 is 0 Å². The van der Waals surface area contributed by atoms with Crippen molar-refractivity contribution in [2.45, 2.75) is 32.4 Å². The molecular formula is C16H23N3O2. The van der Waals surface area contributed by atoms with Gasteiger partial charge in [0.25, 0.3) is 0 Å². The number of ether oxygens (including phenoxy) is 1. The Bertz CT molecular complexity index is 576. The average Bonchev–Trinajstić information content (AvgIpc) is 3.09. The largest absolute Gasteiger partial charge is 0.469 e. The minimum Gasteiger partial charge on any atom is -0.469 e. The second-order valence-electron chi connectivity index (χ2n) is 5.71. The molecular weight excluding hydrogens is 266 g/mol. The predicted octanol–water partition coefficient (Wildman–Crippen LogP) is 2.58. The minimum atomic E-state index is 0.143. The van der Waals surface area contributed by atoms with Crippen LogP contribution in [0.2, 0.25) is 0 Å². The molecule has 0 unspecified atom stereocenters. The zero-order valence-electron chi connectivity index (χ0n) is 12.7. The summed E-state index contributed by atoms with van der Waals surface area (Å²) in [6.45, 7) is 4.63. The van der Waals surface area contributed by atoms with E-state index in [4.69, 9.17) is 9.15 Å². The van der Waals surface area contributed by atoms with Gasteiger partial charge < -0.3 is 14.5 Å². The van der Waals surface area contributed by atoms with Gasteiger partial charge in [-0.1, -0.05) is 0 Å². The van der Waals surface area contributed by atoms with Crippen molar-refractivity contribution in [1.82, 2.24) is 15.1 Å². The quantitative estimate of drug-likeness (QED) is 0.919. The van der Waals surface area contributed by atoms with E-state index in [1.54, 1.807) is 6.26 Å². The van der Waals surface area contributed by atoms with Gasteiger partial charge in [0.15, 0.2) is 0 Å². The first-order chi connectivity index (χ1) is 10.3. The standard InChI is InChI=1S/C16H23N3O2/c1-12-13(6-9-20-12)10-17-11-14-4-3-8-21-16(14)15-5-7-18-19(15)2/h5-7,9,14,16-17H,3-4,8,10-11H2,1-2H3/t14-,16+/m0/s1. The van der Waals surface area contributed by atoms with Gasteiger partial charge in [-0.3, -0.25) is 4.68 Å². The Kier molecular flexibility index (Phi) is 4.41.